The monoisotopic (exact) mass is 396 g/mol. The third kappa shape index (κ3) is 5.12. The number of hydrogen-bond acceptors (Lipinski definition) is 5. The summed E-state index contributed by atoms with van der Waals surface area (Å²) in [6, 6.07) is 12.0. The van der Waals surface area contributed by atoms with Crippen molar-refractivity contribution in [3.05, 3.63) is 53.7 Å². The Morgan fingerprint density at radius 3 is 2.45 bits per heavy atom. The number of nitrogens with one attached hydrogen (secondary N) is 1. The molecule has 3 N–H and O–H groups in total. The van der Waals surface area contributed by atoms with E-state index in [4.69, 9.17) is 10.5 Å². The van der Waals surface area contributed by atoms with Crippen LogP contribution >= 0.6 is 0 Å². The van der Waals surface area contributed by atoms with Crippen molar-refractivity contribution in [2.45, 2.75) is 39.4 Å². The highest BCUT2D eigenvalue weighted by molar-refractivity contribution is 6.39. The molecule has 2 aliphatic rings. The van der Waals surface area contributed by atoms with Crippen molar-refractivity contribution < 1.29 is 14.3 Å². The molecule has 154 valence electrons. The van der Waals surface area contributed by atoms with Crippen molar-refractivity contribution in [3.8, 4) is 0 Å². The molecule has 2 atom stereocenters. The van der Waals surface area contributed by atoms with Crippen LogP contribution in [0, 0.1) is 5.92 Å². The summed E-state index contributed by atoms with van der Waals surface area (Å²) in [4.78, 5) is 30.3. The number of ether oxygens (including phenoxy) is 1. The van der Waals surface area contributed by atoms with E-state index in [9.17, 15) is 9.59 Å². The highest BCUT2D eigenvalue weighted by Gasteiger charge is 2.29. The number of pyridine rings is 1. The topological polar surface area (TPSA) is 97.6 Å². The second-order valence-electron chi connectivity index (χ2n) is 7.51. The van der Waals surface area contributed by atoms with Gasteiger partial charge in [-0.3, -0.25) is 9.59 Å². The third-order valence-corrected chi connectivity index (χ3v) is 5.20. The van der Waals surface area contributed by atoms with Gasteiger partial charge in [0.1, 0.15) is 5.82 Å². The molecule has 0 bridgehead atoms. The molecule has 29 heavy (non-hydrogen) atoms. The molecular formula is C22H28N4O3. The van der Waals surface area contributed by atoms with E-state index in [1.807, 2.05) is 43.3 Å². The van der Waals surface area contributed by atoms with Crippen LogP contribution in [0.5, 0.6) is 0 Å². The van der Waals surface area contributed by atoms with Gasteiger partial charge in [0, 0.05) is 24.2 Å². The standard InChI is InChI=1S/C16H22N4O3.C6H6/c1-9-4-3-5-20(7-9)16(22)15(21)19-12-6-18-14(17)13-10(2)23-8-11(12)13;1-2-4-6-5-3-1/h6,9-10H,3-5,7-8H2,1-2H3,(H2,17,18)(H,19,21);1-6H/t9?,10-;/m0./s1. The van der Waals surface area contributed by atoms with Crippen LogP contribution < -0.4 is 11.1 Å². The molecule has 3 heterocycles. The van der Waals surface area contributed by atoms with Gasteiger partial charge in [-0.2, -0.15) is 0 Å². The summed E-state index contributed by atoms with van der Waals surface area (Å²) in [6.45, 7) is 5.59. The predicted octanol–water partition coefficient (Wildman–Crippen LogP) is 3.14. The Bertz CT molecular complexity index is 830. The summed E-state index contributed by atoms with van der Waals surface area (Å²) in [5.41, 5.74) is 7.97. The number of carbonyl (C=O) groups is 2. The summed E-state index contributed by atoms with van der Waals surface area (Å²) >= 11 is 0. The number of carbonyl (C=O) groups excluding carboxylic acids is 2. The summed E-state index contributed by atoms with van der Waals surface area (Å²) in [5, 5.41) is 2.67. The number of nitrogens with two attached hydrogens (primary N) is 1. The number of fused-ring (bicyclic) bond motifs is 1. The predicted molar refractivity (Wildman–Crippen MR) is 112 cm³/mol. The first-order valence-electron chi connectivity index (χ1n) is 9.96. The normalized spacial score (nSPS) is 20.3. The summed E-state index contributed by atoms with van der Waals surface area (Å²) in [5.74, 6) is -0.294. The van der Waals surface area contributed by atoms with Crippen LogP contribution in [0.15, 0.2) is 42.6 Å². The smallest absolute Gasteiger partial charge is 0.313 e. The molecule has 1 aromatic carbocycles. The van der Waals surface area contributed by atoms with E-state index in [0.29, 0.717) is 37.1 Å². The zero-order valence-corrected chi connectivity index (χ0v) is 16.9. The molecule has 1 unspecified atom stereocenters. The third-order valence-electron chi connectivity index (χ3n) is 5.20. The fraction of sp³-hybridized carbons (Fsp3) is 0.409. The molecule has 0 spiro atoms. The summed E-state index contributed by atoms with van der Waals surface area (Å²) in [7, 11) is 0. The lowest BCUT2D eigenvalue weighted by Gasteiger charge is -2.30. The van der Waals surface area contributed by atoms with Crippen molar-refractivity contribution in [3.63, 3.8) is 0 Å². The minimum absolute atomic E-state index is 0.159. The molecule has 7 heteroatoms. The minimum Gasteiger partial charge on any atom is -0.383 e. The second-order valence-corrected chi connectivity index (χ2v) is 7.51. The van der Waals surface area contributed by atoms with Crippen molar-refractivity contribution in [2.75, 3.05) is 24.1 Å². The van der Waals surface area contributed by atoms with Crippen LogP contribution in [0.2, 0.25) is 0 Å². The molecule has 1 saturated heterocycles. The number of amides is 2. The lowest BCUT2D eigenvalue weighted by molar-refractivity contribution is -0.144. The molecule has 0 saturated carbocycles. The number of aromatic nitrogens is 1. The number of nitrogens with zero attached hydrogens (tertiary/aromatic N) is 2. The highest BCUT2D eigenvalue weighted by atomic mass is 16.5. The van der Waals surface area contributed by atoms with Crippen molar-refractivity contribution in [1.29, 1.82) is 0 Å². The van der Waals surface area contributed by atoms with Gasteiger partial charge in [-0.1, -0.05) is 43.3 Å². The zero-order valence-electron chi connectivity index (χ0n) is 16.9. The molecule has 4 rings (SSSR count). The van der Waals surface area contributed by atoms with Gasteiger partial charge in [0.15, 0.2) is 0 Å². The largest absolute Gasteiger partial charge is 0.383 e. The van der Waals surface area contributed by atoms with Crippen LogP contribution in [0.25, 0.3) is 0 Å². The minimum atomic E-state index is -0.632. The van der Waals surface area contributed by atoms with Crippen LogP contribution in [0.3, 0.4) is 0 Å². The maximum Gasteiger partial charge on any atom is 0.313 e. The molecule has 2 aliphatic heterocycles. The summed E-state index contributed by atoms with van der Waals surface area (Å²) in [6.07, 6.45) is 3.35. The van der Waals surface area contributed by atoms with E-state index in [2.05, 4.69) is 17.2 Å². The Morgan fingerprint density at radius 2 is 1.83 bits per heavy atom. The molecule has 2 amide bonds. The molecule has 0 aliphatic carbocycles. The Kier molecular flexibility index (Phi) is 6.82. The van der Waals surface area contributed by atoms with Gasteiger partial charge >= 0.3 is 11.8 Å². The van der Waals surface area contributed by atoms with E-state index in [1.54, 1.807) is 4.90 Å². The van der Waals surface area contributed by atoms with Gasteiger partial charge in [0.2, 0.25) is 0 Å². The fourth-order valence-corrected chi connectivity index (χ4v) is 3.67. The van der Waals surface area contributed by atoms with Gasteiger partial charge in [-0.05, 0) is 25.7 Å². The SMILES string of the molecule is CC1CCCN(C(=O)C(=O)Nc2cnc(N)c3c2CO[C@H]3C)C1.c1ccccc1. The van der Waals surface area contributed by atoms with Gasteiger partial charge in [-0.15, -0.1) is 0 Å². The maximum atomic E-state index is 12.3. The number of hydrogen-bond donors (Lipinski definition) is 2. The molecule has 1 aromatic heterocycles. The van der Waals surface area contributed by atoms with Crippen LogP contribution in [0.4, 0.5) is 11.5 Å². The summed E-state index contributed by atoms with van der Waals surface area (Å²) < 4.78 is 5.55. The molecular weight excluding hydrogens is 368 g/mol. The van der Waals surface area contributed by atoms with Crippen molar-refractivity contribution >= 4 is 23.3 Å². The van der Waals surface area contributed by atoms with Crippen LogP contribution in [-0.4, -0.2) is 34.8 Å². The quantitative estimate of drug-likeness (QED) is 0.722. The lowest BCUT2D eigenvalue weighted by atomic mass is 10.0. The average Bonchev–Trinajstić information content (AvgIpc) is 3.14. The number of nitrogen functional groups attached to an aromatic ring is 1. The van der Waals surface area contributed by atoms with E-state index in [0.717, 1.165) is 24.0 Å². The maximum absolute atomic E-state index is 12.3. The molecule has 2 aromatic rings. The first kappa shape index (κ1) is 20.8. The lowest BCUT2D eigenvalue weighted by Crippen LogP contribution is -2.44. The van der Waals surface area contributed by atoms with E-state index < -0.39 is 11.8 Å². The number of rotatable bonds is 1. The number of likely N-dealkylation sites (tertiary alicyclic amines) is 1. The zero-order chi connectivity index (χ0) is 20.8. The molecule has 7 nitrogen and oxygen atoms in total. The van der Waals surface area contributed by atoms with Gasteiger partial charge in [0.05, 0.1) is 24.6 Å². The van der Waals surface area contributed by atoms with Crippen LogP contribution in [-0.2, 0) is 20.9 Å². The first-order chi connectivity index (χ1) is 14.0. The van der Waals surface area contributed by atoms with Crippen molar-refractivity contribution in [1.82, 2.24) is 9.88 Å². The van der Waals surface area contributed by atoms with E-state index in [-0.39, 0.29) is 6.10 Å². The second kappa shape index (κ2) is 9.52. The highest BCUT2D eigenvalue weighted by Crippen LogP contribution is 2.37. The Balaban J connectivity index is 0.000000343. The van der Waals surface area contributed by atoms with Gasteiger partial charge < -0.3 is 20.7 Å². The fourth-order valence-electron chi connectivity index (χ4n) is 3.67. The number of anilines is 2. The molecule has 0 radical (unpaired) electrons. The van der Waals surface area contributed by atoms with Crippen molar-refractivity contribution in [2.24, 2.45) is 5.92 Å². The number of piperidine rings is 1. The van der Waals surface area contributed by atoms with E-state index >= 15 is 0 Å². The Morgan fingerprint density at radius 1 is 1.17 bits per heavy atom. The van der Waals surface area contributed by atoms with E-state index in [1.165, 1.54) is 6.20 Å². The molecule has 1 fully saturated rings. The van der Waals surface area contributed by atoms with Gasteiger partial charge in [-0.25, -0.2) is 4.98 Å². The Labute approximate surface area is 171 Å². The van der Waals surface area contributed by atoms with Crippen LogP contribution in [0.1, 0.15) is 43.9 Å². The van der Waals surface area contributed by atoms with Gasteiger partial charge in [0.25, 0.3) is 0 Å². The first-order valence-corrected chi connectivity index (χ1v) is 9.96. The Hall–Kier alpha value is -2.93. The number of benzene rings is 1. The average molecular weight is 396 g/mol.